The molecule has 1 aromatic carbocycles. The lowest BCUT2D eigenvalue weighted by Crippen LogP contribution is -2.40. The molecule has 98 valence electrons. The molecule has 1 aliphatic heterocycles. The summed E-state index contributed by atoms with van der Waals surface area (Å²) in [6.45, 7) is 2.17. The third-order valence-corrected chi connectivity index (χ3v) is 3.41. The van der Waals surface area contributed by atoms with Crippen molar-refractivity contribution in [2.45, 2.75) is 19.4 Å². The summed E-state index contributed by atoms with van der Waals surface area (Å²) >= 11 is 0. The number of hydrogen-bond acceptors (Lipinski definition) is 4. The van der Waals surface area contributed by atoms with Gasteiger partial charge in [0.15, 0.2) is 0 Å². The minimum Gasteiger partial charge on any atom is -0.508 e. The summed E-state index contributed by atoms with van der Waals surface area (Å²) in [7, 11) is 0. The van der Waals surface area contributed by atoms with E-state index in [0.29, 0.717) is 18.8 Å². The van der Waals surface area contributed by atoms with Crippen LogP contribution in [-0.2, 0) is 11.3 Å². The van der Waals surface area contributed by atoms with Crippen LogP contribution in [0.3, 0.4) is 0 Å². The summed E-state index contributed by atoms with van der Waals surface area (Å²) in [4.78, 5) is 13.3. The Hall–Kier alpha value is -1.75. The molecule has 5 nitrogen and oxygen atoms in total. The van der Waals surface area contributed by atoms with Crippen molar-refractivity contribution in [3.63, 3.8) is 0 Å². The van der Waals surface area contributed by atoms with Crippen LogP contribution >= 0.6 is 0 Å². The smallest absolute Gasteiger partial charge is 0.221 e. The molecule has 1 atom stereocenters. The third-order valence-electron chi connectivity index (χ3n) is 3.41. The maximum atomic E-state index is 11.2. The molecule has 0 radical (unpaired) electrons. The van der Waals surface area contributed by atoms with E-state index >= 15 is 0 Å². The van der Waals surface area contributed by atoms with Crippen molar-refractivity contribution >= 4 is 11.6 Å². The van der Waals surface area contributed by atoms with E-state index in [0.717, 1.165) is 24.9 Å². The molecule has 1 aliphatic rings. The Bertz CT molecular complexity index is 448. The van der Waals surface area contributed by atoms with E-state index in [9.17, 15) is 9.90 Å². The van der Waals surface area contributed by atoms with Crippen LogP contribution in [0, 0.1) is 5.92 Å². The third kappa shape index (κ3) is 2.92. The highest BCUT2D eigenvalue weighted by atomic mass is 16.3. The Kier molecular flexibility index (Phi) is 3.72. The molecule has 1 aromatic rings. The number of nitrogen functional groups attached to an aromatic ring is 1. The van der Waals surface area contributed by atoms with Gasteiger partial charge in [-0.25, -0.2) is 0 Å². The van der Waals surface area contributed by atoms with Gasteiger partial charge in [0.25, 0.3) is 0 Å². The normalized spacial score (nSPS) is 20.8. The zero-order chi connectivity index (χ0) is 13.1. The fraction of sp³-hybridized carbons (Fsp3) is 0.462. The standard InChI is InChI=1S/C13H19N3O2/c14-11-3-4-12(17)10(6-11)8-16-5-1-2-9(7-16)13(15)18/h3-4,6,9,17H,1-2,5,7-8,14H2,(H2,15,18). The van der Waals surface area contributed by atoms with Crippen molar-refractivity contribution in [1.82, 2.24) is 4.90 Å². The molecule has 0 aliphatic carbocycles. The molecular formula is C13H19N3O2. The topological polar surface area (TPSA) is 92.6 Å². The van der Waals surface area contributed by atoms with E-state index < -0.39 is 0 Å². The van der Waals surface area contributed by atoms with Crippen LogP contribution in [0.25, 0.3) is 0 Å². The van der Waals surface area contributed by atoms with Crippen LogP contribution in [0.5, 0.6) is 5.75 Å². The lowest BCUT2D eigenvalue weighted by molar-refractivity contribution is -0.123. The van der Waals surface area contributed by atoms with Gasteiger partial charge in [-0.1, -0.05) is 0 Å². The number of amides is 1. The van der Waals surface area contributed by atoms with Gasteiger partial charge in [0.1, 0.15) is 5.75 Å². The number of aromatic hydroxyl groups is 1. The first-order valence-corrected chi connectivity index (χ1v) is 6.15. The Morgan fingerprint density at radius 1 is 1.50 bits per heavy atom. The van der Waals surface area contributed by atoms with Gasteiger partial charge < -0.3 is 16.6 Å². The number of phenols is 1. The van der Waals surface area contributed by atoms with Gasteiger partial charge in [-0.2, -0.15) is 0 Å². The monoisotopic (exact) mass is 249 g/mol. The Balaban J connectivity index is 2.04. The number of anilines is 1. The van der Waals surface area contributed by atoms with Crippen molar-refractivity contribution in [3.8, 4) is 5.75 Å². The highest BCUT2D eigenvalue weighted by Crippen LogP contribution is 2.24. The second-order valence-electron chi connectivity index (χ2n) is 4.86. The van der Waals surface area contributed by atoms with Gasteiger partial charge >= 0.3 is 0 Å². The van der Waals surface area contributed by atoms with E-state index in [2.05, 4.69) is 4.90 Å². The quantitative estimate of drug-likeness (QED) is 0.542. The number of piperidine rings is 1. The van der Waals surface area contributed by atoms with Crippen molar-refractivity contribution in [2.24, 2.45) is 11.7 Å². The predicted octanol–water partition coefficient (Wildman–Crippen LogP) is 0.672. The molecule has 1 heterocycles. The number of carbonyl (C=O) groups is 1. The first kappa shape index (κ1) is 12.7. The van der Waals surface area contributed by atoms with Crippen LogP contribution in [0.1, 0.15) is 18.4 Å². The van der Waals surface area contributed by atoms with Gasteiger partial charge in [0.05, 0.1) is 5.92 Å². The van der Waals surface area contributed by atoms with Crippen LogP contribution in [0.4, 0.5) is 5.69 Å². The molecule has 1 saturated heterocycles. The lowest BCUT2D eigenvalue weighted by atomic mass is 9.97. The van der Waals surface area contributed by atoms with E-state index in [1.54, 1.807) is 18.2 Å². The Morgan fingerprint density at radius 2 is 2.28 bits per heavy atom. The molecule has 2 rings (SSSR count). The largest absolute Gasteiger partial charge is 0.508 e. The van der Waals surface area contributed by atoms with E-state index in [1.165, 1.54) is 0 Å². The van der Waals surface area contributed by atoms with Crippen LogP contribution in [0.15, 0.2) is 18.2 Å². The van der Waals surface area contributed by atoms with Gasteiger partial charge in [0, 0.05) is 24.3 Å². The molecule has 0 aromatic heterocycles. The summed E-state index contributed by atoms with van der Waals surface area (Å²) in [5.74, 6) is -0.0798. The fourth-order valence-corrected chi connectivity index (χ4v) is 2.40. The maximum absolute atomic E-state index is 11.2. The molecule has 5 N–H and O–H groups in total. The second-order valence-corrected chi connectivity index (χ2v) is 4.86. The van der Waals surface area contributed by atoms with Crippen LogP contribution in [0.2, 0.25) is 0 Å². The number of benzene rings is 1. The summed E-state index contributed by atoms with van der Waals surface area (Å²) in [5, 5.41) is 9.77. The average molecular weight is 249 g/mol. The molecule has 0 bridgehead atoms. The molecule has 1 unspecified atom stereocenters. The van der Waals surface area contributed by atoms with Crippen LogP contribution < -0.4 is 11.5 Å². The van der Waals surface area contributed by atoms with Gasteiger partial charge in [-0.15, -0.1) is 0 Å². The van der Waals surface area contributed by atoms with Gasteiger partial charge in [-0.05, 0) is 37.6 Å². The first-order chi connectivity index (χ1) is 8.56. The average Bonchev–Trinajstić information content (AvgIpc) is 2.34. The number of likely N-dealkylation sites (tertiary alicyclic amines) is 1. The molecule has 0 spiro atoms. The summed E-state index contributed by atoms with van der Waals surface area (Å²) in [6, 6.07) is 5.03. The summed E-state index contributed by atoms with van der Waals surface area (Å²) in [5.41, 5.74) is 12.5. The number of phenolic OH excluding ortho intramolecular Hbond substituents is 1. The lowest BCUT2D eigenvalue weighted by Gasteiger charge is -2.31. The number of nitrogens with zero attached hydrogens (tertiary/aromatic N) is 1. The zero-order valence-corrected chi connectivity index (χ0v) is 10.3. The number of nitrogens with two attached hydrogens (primary N) is 2. The maximum Gasteiger partial charge on any atom is 0.221 e. The number of carbonyl (C=O) groups excluding carboxylic acids is 1. The minimum atomic E-state index is -0.239. The molecule has 1 fully saturated rings. The first-order valence-electron chi connectivity index (χ1n) is 6.15. The molecular weight excluding hydrogens is 230 g/mol. The van der Waals surface area contributed by atoms with E-state index in [4.69, 9.17) is 11.5 Å². The number of primary amides is 1. The highest BCUT2D eigenvalue weighted by Gasteiger charge is 2.24. The molecule has 18 heavy (non-hydrogen) atoms. The molecule has 5 heteroatoms. The second kappa shape index (κ2) is 5.27. The van der Waals surface area contributed by atoms with E-state index in [1.807, 2.05) is 0 Å². The molecule has 0 saturated carbocycles. The van der Waals surface area contributed by atoms with Crippen molar-refractivity contribution in [3.05, 3.63) is 23.8 Å². The Morgan fingerprint density at radius 3 is 3.00 bits per heavy atom. The van der Waals surface area contributed by atoms with Gasteiger partial charge in [-0.3, -0.25) is 9.69 Å². The predicted molar refractivity (Wildman–Crippen MR) is 69.7 cm³/mol. The SMILES string of the molecule is NC(=O)C1CCCN(Cc2cc(N)ccc2O)C1. The van der Waals surface area contributed by atoms with Crippen molar-refractivity contribution in [1.29, 1.82) is 0 Å². The number of rotatable bonds is 3. The summed E-state index contributed by atoms with van der Waals surface area (Å²) in [6.07, 6.45) is 1.81. The highest BCUT2D eigenvalue weighted by molar-refractivity contribution is 5.76. The number of hydrogen-bond donors (Lipinski definition) is 3. The summed E-state index contributed by atoms with van der Waals surface area (Å²) < 4.78 is 0. The van der Waals surface area contributed by atoms with E-state index in [-0.39, 0.29) is 17.6 Å². The van der Waals surface area contributed by atoms with Crippen LogP contribution in [-0.4, -0.2) is 29.0 Å². The Labute approximate surface area is 106 Å². The van der Waals surface area contributed by atoms with Crippen molar-refractivity contribution < 1.29 is 9.90 Å². The minimum absolute atomic E-state index is 0.0815. The molecule has 1 amide bonds. The zero-order valence-electron chi connectivity index (χ0n) is 10.3. The fourth-order valence-electron chi connectivity index (χ4n) is 2.40. The van der Waals surface area contributed by atoms with Crippen molar-refractivity contribution in [2.75, 3.05) is 18.8 Å². The van der Waals surface area contributed by atoms with Gasteiger partial charge in [0.2, 0.25) is 5.91 Å².